The van der Waals surface area contributed by atoms with Crippen LogP contribution >= 0.6 is 24.2 Å². The van der Waals surface area contributed by atoms with Crippen LogP contribution in [0.1, 0.15) is 18.1 Å². The molecule has 0 bridgehead atoms. The summed E-state index contributed by atoms with van der Waals surface area (Å²) in [6, 6.07) is 8.41. The Morgan fingerprint density at radius 1 is 1.32 bits per heavy atom. The van der Waals surface area contributed by atoms with Crippen molar-refractivity contribution in [2.24, 2.45) is 0 Å². The maximum atomic E-state index is 11.5. The molecule has 1 aromatic rings. The van der Waals surface area contributed by atoms with Crippen LogP contribution in [-0.4, -0.2) is 31.3 Å². The highest BCUT2D eigenvalue weighted by Crippen LogP contribution is 2.12. The predicted octanol–water partition coefficient (Wildman–Crippen LogP) is 2.38. The second kappa shape index (κ2) is 11.1. The van der Waals surface area contributed by atoms with Gasteiger partial charge in [0.15, 0.2) is 0 Å². The molecule has 0 saturated carbocycles. The van der Waals surface area contributed by atoms with Gasteiger partial charge in [-0.05, 0) is 19.0 Å². The van der Waals surface area contributed by atoms with E-state index in [9.17, 15) is 4.79 Å². The number of benzene rings is 1. The Labute approximate surface area is 126 Å². The lowest BCUT2D eigenvalue weighted by atomic mass is 10.2. The monoisotopic (exact) mass is 302 g/mol. The Kier molecular flexibility index (Phi) is 10.7. The Balaban J connectivity index is 0.00000324. The van der Waals surface area contributed by atoms with Gasteiger partial charge in [0, 0.05) is 18.8 Å². The van der Waals surface area contributed by atoms with Gasteiger partial charge in [-0.3, -0.25) is 4.79 Å². The van der Waals surface area contributed by atoms with Gasteiger partial charge in [0.25, 0.3) is 0 Å². The number of thioether (sulfide) groups is 1. The summed E-state index contributed by atoms with van der Waals surface area (Å²) in [5.74, 6) is 1.54. The molecule has 0 spiro atoms. The number of hydrogen-bond acceptors (Lipinski definition) is 3. The molecule has 0 radical (unpaired) electrons. The number of amides is 1. The number of likely N-dealkylation sites (N-methyl/N-ethyl adjacent to an activating group) is 1. The summed E-state index contributed by atoms with van der Waals surface area (Å²) in [5.41, 5.74) is 2.55. The molecule has 0 aliphatic rings. The average molecular weight is 303 g/mol. The van der Waals surface area contributed by atoms with Crippen LogP contribution in [0.3, 0.4) is 0 Å². The van der Waals surface area contributed by atoms with Crippen LogP contribution in [0.25, 0.3) is 0 Å². The molecule has 19 heavy (non-hydrogen) atoms. The van der Waals surface area contributed by atoms with Crippen LogP contribution in [0, 0.1) is 6.92 Å². The zero-order valence-corrected chi connectivity index (χ0v) is 13.2. The first-order valence-electron chi connectivity index (χ1n) is 6.33. The summed E-state index contributed by atoms with van der Waals surface area (Å²) in [5, 5.41) is 6.06. The molecule has 0 aromatic heterocycles. The van der Waals surface area contributed by atoms with Gasteiger partial charge in [0.2, 0.25) is 5.91 Å². The molecule has 1 amide bonds. The average Bonchev–Trinajstić information content (AvgIpc) is 2.35. The first-order chi connectivity index (χ1) is 8.72. The first-order valence-corrected chi connectivity index (χ1v) is 7.48. The second-order valence-electron chi connectivity index (χ2n) is 4.19. The number of nitrogens with one attached hydrogen (secondary N) is 2. The largest absolute Gasteiger partial charge is 0.354 e. The van der Waals surface area contributed by atoms with Crippen LogP contribution in [-0.2, 0) is 10.5 Å². The first kappa shape index (κ1) is 18.3. The fraction of sp³-hybridized carbons (Fsp3) is 0.500. The van der Waals surface area contributed by atoms with Crippen LogP contribution in [0.4, 0.5) is 0 Å². The van der Waals surface area contributed by atoms with Crippen molar-refractivity contribution in [3.05, 3.63) is 35.4 Å². The van der Waals surface area contributed by atoms with Crippen molar-refractivity contribution >= 4 is 30.1 Å². The van der Waals surface area contributed by atoms with E-state index >= 15 is 0 Å². The van der Waals surface area contributed by atoms with Gasteiger partial charge in [0.05, 0.1) is 5.75 Å². The van der Waals surface area contributed by atoms with Gasteiger partial charge in [-0.15, -0.1) is 24.2 Å². The Bertz CT molecular complexity index is 374. The molecule has 0 atom stereocenters. The van der Waals surface area contributed by atoms with Gasteiger partial charge >= 0.3 is 0 Å². The molecule has 1 aromatic carbocycles. The normalized spacial score (nSPS) is 9.79. The van der Waals surface area contributed by atoms with Crippen molar-refractivity contribution < 1.29 is 4.79 Å². The standard InChI is InChI=1S/C14H22N2OS.ClH/c1-3-15-7-8-16-14(17)11-18-10-13-6-4-5-12(2)9-13;/h4-6,9,15H,3,7-8,10-11H2,1-2H3,(H,16,17);1H. The smallest absolute Gasteiger partial charge is 0.230 e. The van der Waals surface area contributed by atoms with Crippen molar-refractivity contribution in [2.45, 2.75) is 19.6 Å². The number of hydrogen-bond donors (Lipinski definition) is 2. The molecule has 0 heterocycles. The maximum absolute atomic E-state index is 11.5. The molecule has 0 aliphatic heterocycles. The van der Waals surface area contributed by atoms with Crippen molar-refractivity contribution in [1.82, 2.24) is 10.6 Å². The quantitative estimate of drug-likeness (QED) is 0.725. The number of carbonyl (C=O) groups excluding carboxylic acids is 1. The lowest BCUT2D eigenvalue weighted by molar-refractivity contribution is -0.118. The Hall–Kier alpha value is -0.710. The molecular formula is C14H23ClN2OS. The molecule has 0 aliphatic carbocycles. The molecule has 0 saturated heterocycles. The highest BCUT2D eigenvalue weighted by Gasteiger charge is 2.01. The summed E-state index contributed by atoms with van der Waals surface area (Å²) < 4.78 is 0. The van der Waals surface area contributed by atoms with Gasteiger partial charge in [-0.1, -0.05) is 36.8 Å². The van der Waals surface area contributed by atoms with Gasteiger partial charge in [-0.2, -0.15) is 0 Å². The van der Waals surface area contributed by atoms with E-state index in [0.717, 1.165) is 18.8 Å². The predicted molar refractivity (Wildman–Crippen MR) is 86.1 cm³/mol. The molecule has 0 unspecified atom stereocenters. The third-order valence-corrected chi connectivity index (χ3v) is 3.46. The number of aryl methyl sites for hydroxylation is 1. The minimum atomic E-state index is 0. The lowest BCUT2D eigenvalue weighted by Crippen LogP contribution is -2.32. The van der Waals surface area contributed by atoms with Crippen molar-refractivity contribution in [2.75, 3.05) is 25.4 Å². The number of halogens is 1. The zero-order valence-electron chi connectivity index (χ0n) is 11.6. The third kappa shape index (κ3) is 8.92. The maximum Gasteiger partial charge on any atom is 0.230 e. The molecule has 2 N–H and O–H groups in total. The highest BCUT2D eigenvalue weighted by molar-refractivity contribution is 7.99. The molecular weight excluding hydrogens is 280 g/mol. The van der Waals surface area contributed by atoms with Crippen LogP contribution in [0.2, 0.25) is 0 Å². The minimum absolute atomic E-state index is 0. The molecule has 0 fully saturated rings. The second-order valence-corrected chi connectivity index (χ2v) is 5.17. The SMILES string of the molecule is CCNCCNC(=O)CSCc1cccc(C)c1.Cl. The van der Waals surface area contributed by atoms with Crippen molar-refractivity contribution in [3.63, 3.8) is 0 Å². The molecule has 5 heteroatoms. The lowest BCUT2D eigenvalue weighted by Gasteiger charge is -2.06. The summed E-state index contributed by atoms with van der Waals surface area (Å²) >= 11 is 1.65. The van der Waals surface area contributed by atoms with E-state index in [1.807, 2.05) is 0 Å². The van der Waals surface area contributed by atoms with Crippen molar-refractivity contribution in [1.29, 1.82) is 0 Å². The Morgan fingerprint density at radius 2 is 2.11 bits per heavy atom. The van der Waals surface area contributed by atoms with Crippen LogP contribution in [0.5, 0.6) is 0 Å². The third-order valence-electron chi connectivity index (χ3n) is 2.46. The summed E-state index contributed by atoms with van der Waals surface area (Å²) in [7, 11) is 0. The van der Waals surface area contributed by atoms with E-state index in [4.69, 9.17) is 0 Å². The fourth-order valence-corrected chi connectivity index (χ4v) is 2.39. The topological polar surface area (TPSA) is 41.1 Å². The van der Waals surface area contributed by atoms with E-state index < -0.39 is 0 Å². The van der Waals surface area contributed by atoms with Crippen molar-refractivity contribution in [3.8, 4) is 0 Å². The number of carbonyl (C=O) groups is 1. The highest BCUT2D eigenvalue weighted by atomic mass is 35.5. The summed E-state index contributed by atoms with van der Waals surface area (Å²) in [4.78, 5) is 11.5. The molecule has 1 rings (SSSR count). The van der Waals surface area contributed by atoms with Gasteiger partial charge in [-0.25, -0.2) is 0 Å². The van der Waals surface area contributed by atoms with Crippen LogP contribution < -0.4 is 10.6 Å². The van der Waals surface area contributed by atoms with E-state index in [1.165, 1.54) is 11.1 Å². The van der Waals surface area contributed by atoms with Gasteiger partial charge < -0.3 is 10.6 Å². The number of rotatable bonds is 8. The van der Waals surface area contributed by atoms with E-state index in [0.29, 0.717) is 12.3 Å². The molecule has 3 nitrogen and oxygen atoms in total. The minimum Gasteiger partial charge on any atom is -0.354 e. The van der Waals surface area contributed by atoms with Gasteiger partial charge in [0.1, 0.15) is 0 Å². The van der Waals surface area contributed by atoms with Crippen LogP contribution in [0.15, 0.2) is 24.3 Å². The Morgan fingerprint density at radius 3 is 2.79 bits per heavy atom. The zero-order chi connectivity index (χ0) is 13.2. The van der Waals surface area contributed by atoms with E-state index in [2.05, 4.69) is 48.7 Å². The fourth-order valence-electron chi connectivity index (χ4n) is 1.58. The van der Waals surface area contributed by atoms with E-state index in [1.54, 1.807) is 11.8 Å². The molecule has 108 valence electrons. The summed E-state index contributed by atoms with van der Waals surface area (Å²) in [6.07, 6.45) is 0. The summed E-state index contributed by atoms with van der Waals surface area (Å²) in [6.45, 7) is 6.63. The van der Waals surface area contributed by atoms with E-state index in [-0.39, 0.29) is 18.3 Å².